The lowest BCUT2D eigenvalue weighted by molar-refractivity contribution is 0.589. The molecule has 0 atom stereocenters. The molecule has 3 aromatic carbocycles. The van der Waals surface area contributed by atoms with Crippen molar-refractivity contribution in [3.8, 4) is 16.9 Å². The van der Waals surface area contributed by atoms with Crippen LogP contribution in [0.25, 0.3) is 38.8 Å². The summed E-state index contributed by atoms with van der Waals surface area (Å²) in [5.74, 6) is 0. The zero-order valence-corrected chi connectivity index (χ0v) is 20.1. The van der Waals surface area contributed by atoms with Crippen molar-refractivity contribution >= 4 is 39.1 Å². The molecule has 6 rings (SSSR count). The van der Waals surface area contributed by atoms with E-state index in [0.29, 0.717) is 0 Å². The maximum absolute atomic E-state index is 6.81. The van der Waals surface area contributed by atoms with Crippen LogP contribution in [0.1, 0.15) is 11.1 Å². The van der Waals surface area contributed by atoms with Gasteiger partial charge in [-0.3, -0.25) is 4.98 Å². The van der Waals surface area contributed by atoms with Crippen molar-refractivity contribution in [1.82, 2.24) is 20.1 Å². The summed E-state index contributed by atoms with van der Waals surface area (Å²) in [7, 11) is 0. The summed E-state index contributed by atoms with van der Waals surface area (Å²) in [6.45, 7) is 8.13. The summed E-state index contributed by atoms with van der Waals surface area (Å²) in [5.41, 5.74) is 8.53. The van der Waals surface area contributed by atoms with Crippen molar-refractivity contribution < 1.29 is 0 Å². The van der Waals surface area contributed by atoms with Gasteiger partial charge in [0.05, 0.1) is 27.4 Å². The maximum atomic E-state index is 6.81. The Bertz CT molecular complexity index is 1530. The molecule has 0 spiro atoms. The van der Waals surface area contributed by atoms with Crippen LogP contribution in [0.4, 0.5) is 5.69 Å². The number of aryl methyl sites for hydroxylation is 2. The number of hydrogen-bond donors (Lipinski definition) is 1. The third kappa shape index (κ3) is 3.52. The zero-order chi connectivity index (χ0) is 23.2. The second-order valence-electron chi connectivity index (χ2n) is 8.97. The topological polar surface area (TPSA) is 46.0 Å². The third-order valence-electron chi connectivity index (χ3n) is 6.83. The Labute approximate surface area is 204 Å². The fraction of sp³-hybridized carbons (Fsp3) is 0.214. The molecule has 0 radical (unpaired) electrons. The number of anilines is 1. The van der Waals surface area contributed by atoms with Crippen molar-refractivity contribution in [3.63, 3.8) is 0 Å². The second kappa shape index (κ2) is 8.42. The summed E-state index contributed by atoms with van der Waals surface area (Å²) >= 11 is 6.81. The molecule has 0 saturated carbocycles. The van der Waals surface area contributed by atoms with Gasteiger partial charge in [0.1, 0.15) is 5.69 Å². The van der Waals surface area contributed by atoms with Crippen LogP contribution in [0.2, 0.25) is 5.02 Å². The van der Waals surface area contributed by atoms with E-state index in [2.05, 4.69) is 71.2 Å². The lowest BCUT2D eigenvalue weighted by Crippen LogP contribution is -2.43. The smallest absolute Gasteiger partial charge is 0.102 e. The molecule has 170 valence electrons. The van der Waals surface area contributed by atoms with E-state index in [0.717, 1.165) is 75.6 Å². The minimum atomic E-state index is 0.752. The number of nitrogens with zero attached hydrogens (tertiary/aromatic N) is 4. The fourth-order valence-electron chi connectivity index (χ4n) is 4.81. The van der Waals surface area contributed by atoms with E-state index in [-0.39, 0.29) is 0 Å². The lowest BCUT2D eigenvalue weighted by atomic mass is 10.1. The first-order valence-corrected chi connectivity index (χ1v) is 12.1. The van der Waals surface area contributed by atoms with Gasteiger partial charge in [-0.05, 0) is 55.3 Å². The number of aromatic nitrogens is 3. The molecule has 6 heteroatoms. The van der Waals surface area contributed by atoms with Gasteiger partial charge in [-0.2, -0.15) is 5.10 Å². The van der Waals surface area contributed by atoms with Crippen LogP contribution < -0.4 is 10.2 Å². The number of pyridine rings is 1. The first-order valence-electron chi connectivity index (χ1n) is 11.7. The average Bonchev–Trinajstić information content (AvgIpc) is 3.26. The summed E-state index contributed by atoms with van der Waals surface area (Å²) in [5, 5.41) is 11.4. The van der Waals surface area contributed by atoms with E-state index in [4.69, 9.17) is 21.7 Å². The molecule has 5 nitrogen and oxygen atoms in total. The molecule has 1 aliphatic rings. The van der Waals surface area contributed by atoms with Crippen molar-refractivity contribution in [2.75, 3.05) is 31.1 Å². The van der Waals surface area contributed by atoms with Gasteiger partial charge in [0.25, 0.3) is 0 Å². The normalized spacial score (nSPS) is 14.3. The quantitative estimate of drug-likeness (QED) is 0.357. The molecule has 1 N–H and O–H groups in total. The van der Waals surface area contributed by atoms with Crippen LogP contribution >= 0.6 is 11.6 Å². The summed E-state index contributed by atoms with van der Waals surface area (Å²) in [6, 6.07) is 21.0. The zero-order valence-electron chi connectivity index (χ0n) is 19.3. The summed E-state index contributed by atoms with van der Waals surface area (Å²) in [4.78, 5) is 7.08. The van der Waals surface area contributed by atoms with Gasteiger partial charge in [-0.15, -0.1) is 0 Å². The van der Waals surface area contributed by atoms with Crippen LogP contribution in [-0.4, -0.2) is 40.9 Å². The first kappa shape index (κ1) is 21.1. The molecule has 3 heterocycles. The largest absolute Gasteiger partial charge is 0.368 e. The first-order chi connectivity index (χ1) is 16.6. The number of halogens is 1. The monoisotopic (exact) mass is 467 g/mol. The van der Waals surface area contributed by atoms with Crippen molar-refractivity contribution in [1.29, 1.82) is 0 Å². The highest BCUT2D eigenvalue weighted by Gasteiger charge is 2.19. The predicted octanol–water partition coefficient (Wildman–Crippen LogP) is 5.92. The van der Waals surface area contributed by atoms with E-state index >= 15 is 0 Å². The van der Waals surface area contributed by atoms with E-state index < -0.39 is 0 Å². The van der Waals surface area contributed by atoms with Crippen molar-refractivity contribution in [2.45, 2.75) is 13.8 Å². The Balaban J connectivity index is 1.56. The van der Waals surface area contributed by atoms with E-state index in [1.54, 1.807) is 0 Å². The molecule has 5 aromatic rings. The number of nitrogens with one attached hydrogen (secondary N) is 1. The van der Waals surface area contributed by atoms with Crippen molar-refractivity contribution in [3.05, 3.63) is 83.0 Å². The minimum absolute atomic E-state index is 0.752. The van der Waals surface area contributed by atoms with Crippen LogP contribution in [0, 0.1) is 13.8 Å². The number of para-hydroxylation sites is 1. The van der Waals surface area contributed by atoms with Gasteiger partial charge < -0.3 is 10.2 Å². The Morgan fingerprint density at radius 2 is 1.71 bits per heavy atom. The molecule has 1 fully saturated rings. The highest BCUT2D eigenvalue weighted by molar-refractivity contribution is 6.33. The number of hydrogen-bond acceptors (Lipinski definition) is 4. The molecule has 1 aliphatic heterocycles. The molecular weight excluding hydrogens is 442 g/mol. The molecule has 0 bridgehead atoms. The molecule has 34 heavy (non-hydrogen) atoms. The molecule has 0 amide bonds. The van der Waals surface area contributed by atoms with E-state index in [1.807, 2.05) is 24.4 Å². The summed E-state index contributed by atoms with van der Waals surface area (Å²) in [6.07, 6.45) is 1.94. The standard InChI is InChI=1S/C28H26ClN5/c1-18-7-9-21(15-19(18)2)34-28-22-5-3-4-6-25(22)31-17-23(28)27(32-34)20-8-10-26(24(29)16-20)33-13-11-30-12-14-33/h3-10,15-17,30H,11-14H2,1-2H3. The lowest BCUT2D eigenvalue weighted by Gasteiger charge is -2.30. The van der Waals surface area contributed by atoms with E-state index in [9.17, 15) is 0 Å². The van der Waals surface area contributed by atoms with Crippen molar-refractivity contribution in [2.24, 2.45) is 0 Å². The third-order valence-corrected chi connectivity index (χ3v) is 7.13. The molecule has 2 aromatic heterocycles. The number of piperazine rings is 1. The summed E-state index contributed by atoms with van der Waals surface area (Å²) < 4.78 is 2.05. The van der Waals surface area contributed by atoms with Gasteiger partial charge in [0.2, 0.25) is 0 Å². The fourth-order valence-corrected chi connectivity index (χ4v) is 5.11. The molecule has 0 aliphatic carbocycles. The Morgan fingerprint density at radius 1 is 0.882 bits per heavy atom. The van der Waals surface area contributed by atoms with E-state index in [1.165, 1.54) is 11.1 Å². The Hall–Kier alpha value is -3.41. The van der Waals surface area contributed by atoms with Crippen LogP contribution in [-0.2, 0) is 0 Å². The van der Waals surface area contributed by atoms with Crippen LogP contribution in [0.3, 0.4) is 0 Å². The number of rotatable bonds is 3. The molecular formula is C28H26ClN5. The number of benzene rings is 3. The Morgan fingerprint density at radius 3 is 2.50 bits per heavy atom. The van der Waals surface area contributed by atoms with Gasteiger partial charge >= 0.3 is 0 Å². The molecule has 0 unspecified atom stereocenters. The highest BCUT2D eigenvalue weighted by atomic mass is 35.5. The SMILES string of the molecule is Cc1ccc(-n2nc(-c3ccc(N4CCNCC4)c(Cl)c3)c3cnc4ccccc4c32)cc1C. The van der Waals surface area contributed by atoms with Gasteiger partial charge in [0.15, 0.2) is 0 Å². The average molecular weight is 468 g/mol. The Kier molecular flexibility index (Phi) is 5.24. The van der Waals surface area contributed by atoms with Gasteiger partial charge in [0, 0.05) is 48.7 Å². The maximum Gasteiger partial charge on any atom is 0.102 e. The highest BCUT2D eigenvalue weighted by Crippen LogP contribution is 2.37. The van der Waals surface area contributed by atoms with Crippen LogP contribution in [0.5, 0.6) is 0 Å². The second-order valence-corrected chi connectivity index (χ2v) is 9.38. The number of fused-ring (bicyclic) bond motifs is 3. The van der Waals surface area contributed by atoms with Gasteiger partial charge in [-0.1, -0.05) is 41.9 Å². The minimum Gasteiger partial charge on any atom is -0.368 e. The molecule has 1 saturated heterocycles. The van der Waals surface area contributed by atoms with Crippen LogP contribution in [0.15, 0.2) is 66.9 Å². The van der Waals surface area contributed by atoms with Gasteiger partial charge in [-0.25, -0.2) is 4.68 Å². The predicted molar refractivity (Wildman–Crippen MR) is 141 cm³/mol.